The lowest BCUT2D eigenvalue weighted by molar-refractivity contribution is 0.240. The normalized spacial score (nSPS) is 14.3. The van der Waals surface area contributed by atoms with E-state index in [9.17, 15) is 8.42 Å². The van der Waals surface area contributed by atoms with Gasteiger partial charge in [0.1, 0.15) is 5.75 Å². The molecular weight excluding hydrogens is 408 g/mol. The van der Waals surface area contributed by atoms with Crippen LogP contribution in [-0.2, 0) is 23.0 Å². The molecule has 5 nitrogen and oxygen atoms in total. The second-order valence-electron chi connectivity index (χ2n) is 8.53. The van der Waals surface area contributed by atoms with Gasteiger partial charge in [-0.05, 0) is 67.3 Å². The molecule has 31 heavy (non-hydrogen) atoms. The molecule has 0 saturated heterocycles. The zero-order valence-electron chi connectivity index (χ0n) is 18.6. The number of ether oxygens (including phenoxy) is 1. The predicted molar refractivity (Wildman–Crippen MR) is 126 cm³/mol. The molecular formula is C25H30N2O3S. The SMILES string of the molecule is CC(C)Oc1ccc2ccccc2c1CN1CCCc2cc(S(=O)(=O)N(C)C)ccc21. The number of hydrogen-bond acceptors (Lipinski definition) is 4. The summed E-state index contributed by atoms with van der Waals surface area (Å²) < 4.78 is 32.6. The van der Waals surface area contributed by atoms with Crippen molar-refractivity contribution in [2.75, 3.05) is 25.5 Å². The zero-order chi connectivity index (χ0) is 22.2. The van der Waals surface area contributed by atoms with Crippen LogP contribution in [-0.4, -0.2) is 39.5 Å². The van der Waals surface area contributed by atoms with E-state index in [0.717, 1.165) is 42.9 Å². The highest BCUT2D eigenvalue weighted by Crippen LogP contribution is 2.35. The summed E-state index contributed by atoms with van der Waals surface area (Å²) in [6, 6.07) is 18.1. The van der Waals surface area contributed by atoms with Gasteiger partial charge in [0.05, 0.1) is 11.0 Å². The Balaban J connectivity index is 1.75. The van der Waals surface area contributed by atoms with E-state index in [1.807, 2.05) is 26.0 Å². The van der Waals surface area contributed by atoms with Crippen molar-refractivity contribution in [3.05, 3.63) is 65.7 Å². The van der Waals surface area contributed by atoms with Crippen molar-refractivity contribution in [1.82, 2.24) is 4.31 Å². The predicted octanol–water partition coefficient (Wildman–Crippen LogP) is 4.83. The van der Waals surface area contributed by atoms with Crippen molar-refractivity contribution in [1.29, 1.82) is 0 Å². The molecule has 6 heteroatoms. The summed E-state index contributed by atoms with van der Waals surface area (Å²) in [4.78, 5) is 2.70. The minimum atomic E-state index is -3.44. The lowest BCUT2D eigenvalue weighted by Crippen LogP contribution is -2.30. The van der Waals surface area contributed by atoms with Gasteiger partial charge in [-0.25, -0.2) is 12.7 Å². The van der Waals surface area contributed by atoms with E-state index in [-0.39, 0.29) is 6.10 Å². The van der Waals surface area contributed by atoms with Crippen molar-refractivity contribution >= 4 is 26.5 Å². The van der Waals surface area contributed by atoms with E-state index in [1.165, 1.54) is 20.6 Å². The van der Waals surface area contributed by atoms with Crippen LogP contribution in [0.25, 0.3) is 10.8 Å². The summed E-state index contributed by atoms with van der Waals surface area (Å²) in [5.41, 5.74) is 3.36. The number of benzene rings is 3. The molecule has 0 aliphatic carbocycles. The van der Waals surface area contributed by atoms with E-state index < -0.39 is 10.0 Å². The van der Waals surface area contributed by atoms with Crippen molar-refractivity contribution in [3.8, 4) is 5.75 Å². The van der Waals surface area contributed by atoms with Crippen LogP contribution in [0, 0.1) is 0 Å². The van der Waals surface area contributed by atoms with Crippen LogP contribution in [0.5, 0.6) is 5.75 Å². The molecule has 0 atom stereocenters. The Hall–Kier alpha value is -2.57. The Bertz CT molecular complexity index is 1200. The average molecular weight is 439 g/mol. The highest BCUT2D eigenvalue weighted by atomic mass is 32.2. The Morgan fingerprint density at radius 1 is 1.06 bits per heavy atom. The van der Waals surface area contributed by atoms with Crippen LogP contribution >= 0.6 is 0 Å². The molecule has 0 N–H and O–H groups in total. The number of hydrogen-bond donors (Lipinski definition) is 0. The van der Waals surface area contributed by atoms with Crippen molar-refractivity contribution in [2.45, 2.75) is 44.2 Å². The van der Waals surface area contributed by atoms with Gasteiger partial charge in [-0.3, -0.25) is 0 Å². The number of anilines is 1. The smallest absolute Gasteiger partial charge is 0.242 e. The summed E-state index contributed by atoms with van der Waals surface area (Å²) >= 11 is 0. The van der Waals surface area contributed by atoms with E-state index in [0.29, 0.717) is 4.90 Å². The topological polar surface area (TPSA) is 49.9 Å². The molecule has 0 bridgehead atoms. The Morgan fingerprint density at radius 3 is 2.58 bits per heavy atom. The van der Waals surface area contributed by atoms with Gasteiger partial charge in [0.25, 0.3) is 0 Å². The molecule has 4 rings (SSSR count). The molecule has 1 heterocycles. The molecule has 0 aromatic heterocycles. The van der Waals surface area contributed by atoms with Crippen LogP contribution in [0.2, 0.25) is 0 Å². The summed E-state index contributed by atoms with van der Waals surface area (Å²) in [6.07, 6.45) is 1.96. The second kappa shape index (κ2) is 8.52. The summed E-state index contributed by atoms with van der Waals surface area (Å²) in [6.45, 7) is 5.73. The number of nitrogens with zero attached hydrogens (tertiary/aromatic N) is 2. The molecule has 0 amide bonds. The maximum absolute atomic E-state index is 12.6. The summed E-state index contributed by atoms with van der Waals surface area (Å²) in [7, 11) is -0.306. The molecule has 0 fully saturated rings. The molecule has 3 aromatic rings. The van der Waals surface area contributed by atoms with E-state index >= 15 is 0 Å². The van der Waals surface area contributed by atoms with Gasteiger partial charge < -0.3 is 9.64 Å². The van der Waals surface area contributed by atoms with Crippen LogP contribution in [0.4, 0.5) is 5.69 Å². The van der Waals surface area contributed by atoms with Gasteiger partial charge in [-0.15, -0.1) is 0 Å². The minimum Gasteiger partial charge on any atom is -0.491 e. The van der Waals surface area contributed by atoms with Crippen LogP contribution in [0.1, 0.15) is 31.4 Å². The van der Waals surface area contributed by atoms with Crippen molar-refractivity contribution in [2.24, 2.45) is 0 Å². The monoisotopic (exact) mass is 438 g/mol. The molecule has 0 unspecified atom stereocenters. The maximum Gasteiger partial charge on any atom is 0.242 e. The first-order chi connectivity index (χ1) is 14.8. The third-order valence-electron chi connectivity index (χ3n) is 5.75. The molecule has 0 spiro atoms. The largest absolute Gasteiger partial charge is 0.491 e. The third-order valence-corrected chi connectivity index (χ3v) is 7.56. The standard InChI is InChI=1S/C25H30N2O3S/c1-18(2)30-25-14-11-19-8-5-6-10-22(19)23(25)17-27-15-7-9-20-16-21(12-13-24(20)27)31(28,29)26(3)4/h5-6,8,10-14,16,18H,7,9,15,17H2,1-4H3. The fourth-order valence-corrected chi connectivity index (χ4v) is 5.17. The average Bonchev–Trinajstić information content (AvgIpc) is 2.74. The van der Waals surface area contributed by atoms with Crippen LogP contribution < -0.4 is 9.64 Å². The maximum atomic E-state index is 12.6. The Kier molecular flexibility index (Phi) is 5.95. The number of rotatable bonds is 6. The first-order valence-corrected chi connectivity index (χ1v) is 12.2. The number of aryl methyl sites for hydroxylation is 1. The number of fused-ring (bicyclic) bond motifs is 2. The first kappa shape index (κ1) is 21.7. The van der Waals surface area contributed by atoms with Gasteiger partial charge in [0, 0.05) is 38.4 Å². The quantitative estimate of drug-likeness (QED) is 0.553. The Labute approximate surface area is 185 Å². The minimum absolute atomic E-state index is 0.0901. The second-order valence-corrected chi connectivity index (χ2v) is 10.7. The highest BCUT2D eigenvalue weighted by molar-refractivity contribution is 7.89. The van der Waals surface area contributed by atoms with Crippen LogP contribution in [0.3, 0.4) is 0 Å². The molecule has 1 aliphatic heterocycles. The Morgan fingerprint density at radius 2 is 1.84 bits per heavy atom. The molecule has 1 aliphatic rings. The molecule has 3 aromatic carbocycles. The fourth-order valence-electron chi connectivity index (χ4n) is 4.22. The van der Waals surface area contributed by atoms with Crippen molar-refractivity contribution in [3.63, 3.8) is 0 Å². The van der Waals surface area contributed by atoms with E-state index in [1.54, 1.807) is 20.2 Å². The molecule has 164 valence electrons. The lowest BCUT2D eigenvalue weighted by Gasteiger charge is -2.33. The fraction of sp³-hybridized carbons (Fsp3) is 0.360. The van der Waals surface area contributed by atoms with E-state index in [4.69, 9.17) is 4.74 Å². The number of sulfonamides is 1. The third kappa shape index (κ3) is 4.27. The highest BCUT2D eigenvalue weighted by Gasteiger charge is 2.24. The summed E-state index contributed by atoms with van der Waals surface area (Å²) in [5.74, 6) is 0.910. The van der Waals surface area contributed by atoms with Gasteiger partial charge in [0.15, 0.2) is 0 Å². The van der Waals surface area contributed by atoms with Crippen LogP contribution in [0.15, 0.2) is 59.5 Å². The van der Waals surface area contributed by atoms with Gasteiger partial charge in [-0.2, -0.15) is 0 Å². The van der Waals surface area contributed by atoms with Gasteiger partial charge in [-0.1, -0.05) is 30.3 Å². The van der Waals surface area contributed by atoms with E-state index in [2.05, 4.69) is 41.3 Å². The van der Waals surface area contributed by atoms with Gasteiger partial charge in [0.2, 0.25) is 10.0 Å². The zero-order valence-corrected chi connectivity index (χ0v) is 19.4. The van der Waals surface area contributed by atoms with Gasteiger partial charge >= 0.3 is 0 Å². The summed E-state index contributed by atoms with van der Waals surface area (Å²) in [5, 5.41) is 2.39. The van der Waals surface area contributed by atoms with Crippen molar-refractivity contribution < 1.29 is 13.2 Å². The lowest BCUT2D eigenvalue weighted by atomic mass is 9.98. The molecule has 0 radical (unpaired) electrons. The molecule has 0 saturated carbocycles. The first-order valence-electron chi connectivity index (χ1n) is 10.7.